The van der Waals surface area contributed by atoms with Gasteiger partial charge in [-0.25, -0.2) is 9.97 Å². The van der Waals surface area contributed by atoms with Gasteiger partial charge in [0.2, 0.25) is 5.91 Å². The number of ether oxygens (including phenoxy) is 1. The number of rotatable bonds is 6. The predicted octanol–water partition coefficient (Wildman–Crippen LogP) is 2.03. The summed E-state index contributed by atoms with van der Waals surface area (Å²) in [5.41, 5.74) is 0. The summed E-state index contributed by atoms with van der Waals surface area (Å²) in [7, 11) is 0. The Labute approximate surface area is 146 Å². The van der Waals surface area contributed by atoms with Gasteiger partial charge in [-0.2, -0.15) is 0 Å². The zero-order chi connectivity index (χ0) is 17.1. The molecule has 0 unspecified atom stereocenters. The lowest BCUT2D eigenvalue weighted by atomic mass is 10.1. The molecule has 1 saturated heterocycles. The molecule has 1 amide bonds. The first-order valence-electron chi connectivity index (χ1n) is 8.76. The van der Waals surface area contributed by atoms with Crippen LogP contribution in [0.2, 0.25) is 0 Å². The molecule has 0 spiro atoms. The molecule has 0 aromatic carbocycles. The number of hydrogen-bond acceptors (Lipinski definition) is 6. The predicted molar refractivity (Wildman–Crippen MR) is 90.9 cm³/mol. The van der Waals surface area contributed by atoms with E-state index >= 15 is 0 Å². The standard InChI is InChI=1S/C18H22N4O3/c23-17(10-14-2-1-8-25-14)22-7-9-24-12-15(22)18-19-6-5-16(21-18)20-11-13-3-4-13/h1-2,5-6,8,13,15H,3-4,7,9-12H2,(H,19,20,21)/t15-/m1/s1. The summed E-state index contributed by atoms with van der Waals surface area (Å²) >= 11 is 0. The summed E-state index contributed by atoms with van der Waals surface area (Å²) in [5, 5.41) is 3.36. The van der Waals surface area contributed by atoms with Crippen molar-refractivity contribution in [2.24, 2.45) is 5.92 Å². The molecule has 0 bridgehead atoms. The van der Waals surface area contributed by atoms with Crippen molar-refractivity contribution in [3.63, 3.8) is 0 Å². The fourth-order valence-corrected chi connectivity index (χ4v) is 2.98. The number of nitrogens with zero attached hydrogens (tertiary/aromatic N) is 3. The van der Waals surface area contributed by atoms with Gasteiger partial charge in [0.1, 0.15) is 17.6 Å². The number of carbonyl (C=O) groups excluding carboxylic acids is 1. The smallest absolute Gasteiger partial charge is 0.230 e. The maximum Gasteiger partial charge on any atom is 0.230 e. The Kier molecular flexibility index (Phi) is 4.65. The molecule has 25 heavy (non-hydrogen) atoms. The van der Waals surface area contributed by atoms with E-state index in [0.717, 1.165) is 18.3 Å². The first kappa shape index (κ1) is 16.1. The van der Waals surface area contributed by atoms with Crippen molar-refractivity contribution in [2.75, 3.05) is 31.6 Å². The van der Waals surface area contributed by atoms with Gasteiger partial charge in [-0.3, -0.25) is 4.79 Å². The Morgan fingerprint density at radius 1 is 1.36 bits per heavy atom. The second kappa shape index (κ2) is 7.23. The zero-order valence-electron chi connectivity index (χ0n) is 14.1. The van der Waals surface area contributed by atoms with Crippen molar-refractivity contribution >= 4 is 11.7 Å². The highest BCUT2D eigenvalue weighted by Crippen LogP contribution is 2.29. The molecule has 1 N–H and O–H groups in total. The van der Waals surface area contributed by atoms with Crippen LogP contribution in [0, 0.1) is 5.92 Å². The highest BCUT2D eigenvalue weighted by Gasteiger charge is 2.31. The minimum atomic E-state index is -0.265. The molecule has 2 aliphatic rings. The number of hydrogen-bond donors (Lipinski definition) is 1. The summed E-state index contributed by atoms with van der Waals surface area (Å²) in [6.45, 7) is 2.42. The van der Waals surface area contributed by atoms with Crippen molar-refractivity contribution in [2.45, 2.75) is 25.3 Å². The van der Waals surface area contributed by atoms with E-state index in [9.17, 15) is 4.79 Å². The second-order valence-corrected chi connectivity index (χ2v) is 6.56. The number of anilines is 1. The Bertz CT molecular complexity index is 715. The van der Waals surface area contributed by atoms with Gasteiger partial charge in [0.15, 0.2) is 5.82 Å². The van der Waals surface area contributed by atoms with Crippen molar-refractivity contribution < 1.29 is 13.9 Å². The molecule has 2 aromatic rings. The molecule has 1 atom stereocenters. The van der Waals surface area contributed by atoms with Crippen molar-refractivity contribution in [3.05, 3.63) is 42.2 Å². The van der Waals surface area contributed by atoms with Crippen LogP contribution in [0.4, 0.5) is 5.82 Å². The highest BCUT2D eigenvalue weighted by atomic mass is 16.5. The average Bonchev–Trinajstić information content (AvgIpc) is 3.35. The minimum absolute atomic E-state index is 0.00296. The fraction of sp³-hybridized carbons (Fsp3) is 0.500. The third kappa shape index (κ3) is 3.99. The van der Waals surface area contributed by atoms with Crippen LogP contribution >= 0.6 is 0 Å². The van der Waals surface area contributed by atoms with Gasteiger partial charge in [-0.15, -0.1) is 0 Å². The van der Waals surface area contributed by atoms with Gasteiger partial charge in [0.05, 0.1) is 25.9 Å². The first-order valence-corrected chi connectivity index (χ1v) is 8.76. The van der Waals surface area contributed by atoms with Crippen LogP contribution in [0.3, 0.4) is 0 Å². The number of aromatic nitrogens is 2. The second-order valence-electron chi connectivity index (χ2n) is 6.56. The Morgan fingerprint density at radius 3 is 3.08 bits per heavy atom. The largest absolute Gasteiger partial charge is 0.469 e. The molecule has 0 radical (unpaired) electrons. The number of morpholine rings is 1. The summed E-state index contributed by atoms with van der Waals surface area (Å²) < 4.78 is 10.9. The van der Waals surface area contributed by atoms with Gasteiger partial charge in [-0.1, -0.05) is 0 Å². The quantitative estimate of drug-likeness (QED) is 0.865. The summed E-state index contributed by atoms with van der Waals surface area (Å²) in [6.07, 6.45) is 6.13. The molecular formula is C18H22N4O3. The topological polar surface area (TPSA) is 80.5 Å². The van der Waals surface area contributed by atoms with Crippen molar-refractivity contribution in [3.8, 4) is 0 Å². The van der Waals surface area contributed by atoms with E-state index in [1.54, 1.807) is 23.4 Å². The molecule has 1 aliphatic heterocycles. The molecule has 132 valence electrons. The third-order valence-corrected chi connectivity index (χ3v) is 4.60. The van der Waals surface area contributed by atoms with Gasteiger partial charge >= 0.3 is 0 Å². The molecular weight excluding hydrogens is 320 g/mol. The normalized spacial score (nSPS) is 20.5. The lowest BCUT2D eigenvalue weighted by molar-refractivity contribution is -0.140. The summed E-state index contributed by atoms with van der Waals surface area (Å²) in [6, 6.07) is 5.20. The van der Waals surface area contributed by atoms with Crippen LogP contribution in [0.5, 0.6) is 0 Å². The monoisotopic (exact) mass is 342 g/mol. The molecule has 4 rings (SSSR count). The van der Waals surface area contributed by atoms with E-state index in [1.165, 1.54) is 12.8 Å². The lowest BCUT2D eigenvalue weighted by Crippen LogP contribution is -2.44. The highest BCUT2D eigenvalue weighted by molar-refractivity contribution is 5.78. The van der Waals surface area contributed by atoms with E-state index in [4.69, 9.17) is 9.15 Å². The zero-order valence-corrected chi connectivity index (χ0v) is 14.1. The van der Waals surface area contributed by atoms with E-state index in [-0.39, 0.29) is 18.4 Å². The van der Waals surface area contributed by atoms with Gasteiger partial charge in [0, 0.05) is 19.3 Å². The van der Waals surface area contributed by atoms with E-state index in [2.05, 4.69) is 15.3 Å². The summed E-state index contributed by atoms with van der Waals surface area (Å²) in [4.78, 5) is 23.5. The van der Waals surface area contributed by atoms with Crippen LogP contribution in [-0.4, -0.2) is 47.1 Å². The Balaban J connectivity index is 1.47. The van der Waals surface area contributed by atoms with Gasteiger partial charge < -0.3 is 19.4 Å². The SMILES string of the molecule is O=C(Cc1ccco1)N1CCOC[C@@H]1c1nccc(NCC2CC2)n1. The van der Waals surface area contributed by atoms with Crippen LogP contribution in [0.1, 0.15) is 30.5 Å². The minimum Gasteiger partial charge on any atom is -0.469 e. The third-order valence-electron chi connectivity index (χ3n) is 4.60. The van der Waals surface area contributed by atoms with E-state index in [0.29, 0.717) is 31.3 Å². The maximum atomic E-state index is 12.7. The first-order chi connectivity index (χ1) is 12.3. The van der Waals surface area contributed by atoms with Crippen molar-refractivity contribution in [1.29, 1.82) is 0 Å². The van der Waals surface area contributed by atoms with Crippen molar-refractivity contribution in [1.82, 2.24) is 14.9 Å². The molecule has 2 aromatic heterocycles. The lowest BCUT2D eigenvalue weighted by Gasteiger charge is -2.34. The van der Waals surface area contributed by atoms with Crippen LogP contribution < -0.4 is 5.32 Å². The molecule has 3 heterocycles. The number of amides is 1. The Hall–Kier alpha value is -2.41. The van der Waals surface area contributed by atoms with Gasteiger partial charge in [0.25, 0.3) is 0 Å². The van der Waals surface area contributed by atoms with E-state index < -0.39 is 0 Å². The number of nitrogens with one attached hydrogen (secondary N) is 1. The molecule has 1 aliphatic carbocycles. The number of furan rings is 1. The van der Waals surface area contributed by atoms with E-state index in [1.807, 2.05) is 12.1 Å². The van der Waals surface area contributed by atoms with Gasteiger partial charge in [-0.05, 0) is 37.0 Å². The van der Waals surface area contributed by atoms with Crippen LogP contribution in [0.15, 0.2) is 35.1 Å². The maximum absolute atomic E-state index is 12.7. The Morgan fingerprint density at radius 2 is 2.28 bits per heavy atom. The molecule has 1 saturated carbocycles. The number of carbonyl (C=O) groups is 1. The molecule has 7 nitrogen and oxygen atoms in total. The summed E-state index contributed by atoms with van der Waals surface area (Å²) in [5.74, 6) is 2.86. The average molecular weight is 342 g/mol. The molecule has 2 fully saturated rings. The molecule has 7 heteroatoms. The van der Waals surface area contributed by atoms with Crippen LogP contribution in [0.25, 0.3) is 0 Å². The van der Waals surface area contributed by atoms with Crippen LogP contribution in [-0.2, 0) is 16.0 Å². The fourth-order valence-electron chi connectivity index (χ4n) is 2.98.